The van der Waals surface area contributed by atoms with Crippen LogP contribution < -0.4 is 5.32 Å². The van der Waals surface area contributed by atoms with E-state index in [1.807, 2.05) is 54.6 Å². The number of hydrogen-bond donors (Lipinski definition) is 1. The summed E-state index contributed by atoms with van der Waals surface area (Å²) >= 11 is 3.39. The molecule has 2 aromatic rings. The van der Waals surface area contributed by atoms with Crippen molar-refractivity contribution in [1.29, 1.82) is 0 Å². The van der Waals surface area contributed by atoms with Gasteiger partial charge in [0, 0.05) is 24.4 Å². The smallest absolute Gasteiger partial charge is 0.356 e. The highest BCUT2D eigenvalue weighted by molar-refractivity contribution is 9.10. The van der Waals surface area contributed by atoms with Crippen molar-refractivity contribution in [3.63, 3.8) is 0 Å². The fraction of sp³-hybridized carbons (Fsp3) is 0.200. The van der Waals surface area contributed by atoms with Crippen LogP contribution >= 0.6 is 23.5 Å². The highest BCUT2D eigenvalue weighted by Crippen LogP contribution is 2.59. The number of anilines is 1. The van der Waals surface area contributed by atoms with Crippen molar-refractivity contribution >= 4 is 29.2 Å². The lowest BCUT2D eigenvalue weighted by Gasteiger charge is -2.26. The zero-order valence-electron chi connectivity index (χ0n) is 11.8. The molecule has 0 unspecified atom stereocenters. The van der Waals surface area contributed by atoms with Gasteiger partial charge in [0.1, 0.15) is 0 Å². The Kier molecular flexibility index (Phi) is 5.59. The number of para-hydroxylation sites is 1. The first-order valence-corrected chi connectivity index (χ1v) is 8.78. The van der Waals surface area contributed by atoms with E-state index in [-0.39, 0.29) is 0 Å². The molecular formula is C15H17BrNO3P. The second-order valence-electron chi connectivity index (χ2n) is 4.37. The minimum Gasteiger partial charge on any atom is -0.368 e. The number of hydrogen-bond acceptors (Lipinski definition) is 4. The Bertz CT molecular complexity index is 611. The van der Waals surface area contributed by atoms with Crippen LogP contribution in [0.2, 0.25) is 0 Å². The van der Waals surface area contributed by atoms with E-state index in [1.54, 1.807) is 0 Å². The molecule has 6 heteroatoms. The van der Waals surface area contributed by atoms with Gasteiger partial charge in [-0.25, -0.2) is 0 Å². The monoisotopic (exact) mass is 369 g/mol. The Morgan fingerprint density at radius 1 is 1.00 bits per heavy atom. The molecular weight excluding hydrogens is 353 g/mol. The Hall–Kier alpha value is -1.13. The van der Waals surface area contributed by atoms with Gasteiger partial charge < -0.3 is 14.4 Å². The lowest BCUT2D eigenvalue weighted by Crippen LogP contribution is -2.13. The van der Waals surface area contributed by atoms with E-state index in [0.717, 1.165) is 15.7 Å². The van der Waals surface area contributed by atoms with Crippen molar-refractivity contribution in [2.24, 2.45) is 0 Å². The van der Waals surface area contributed by atoms with Gasteiger partial charge in [-0.15, -0.1) is 0 Å². The third kappa shape index (κ3) is 3.95. The van der Waals surface area contributed by atoms with Crippen LogP contribution in [-0.2, 0) is 13.6 Å². The molecule has 0 aliphatic heterocycles. The maximum Gasteiger partial charge on any atom is 0.356 e. The van der Waals surface area contributed by atoms with Gasteiger partial charge >= 0.3 is 7.60 Å². The predicted octanol–water partition coefficient (Wildman–Crippen LogP) is 5.05. The van der Waals surface area contributed by atoms with Crippen LogP contribution in [0.15, 0.2) is 59.1 Å². The molecule has 4 nitrogen and oxygen atoms in total. The van der Waals surface area contributed by atoms with Crippen molar-refractivity contribution in [2.75, 3.05) is 19.5 Å². The topological polar surface area (TPSA) is 47.6 Å². The second-order valence-corrected chi connectivity index (χ2v) is 7.61. The average Bonchev–Trinajstić information content (AvgIpc) is 2.54. The van der Waals surface area contributed by atoms with E-state index in [9.17, 15) is 4.57 Å². The standard InChI is InChI=1S/C15H17BrNO3P/c1-19-21(18,20-2)15(12-8-10-13(16)11-9-12)17-14-6-4-3-5-7-14/h3-11,15,17H,1-2H3/t15-/m1/s1. The molecule has 112 valence electrons. The average molecular weight is 370 g/mol. The highest BCUT2D eigenvalue weighted by atomic mass is 79.9. The maximum atomic E-state index is 12.8. The van der Waals surface area contributed by atoms with E-state index < -0.39 is 13.4 Å². The van der Waals surface area contributed by atoms with Gasteiger partial charge in [0.2, 0.25) is 0 Å². The first kappa shape index (κ1) is 16.2. The highest BCUT2D eigenvalue weighted by Gasteiger charge is 2.35. The Morgan fingerprint density at radius 3 is 2.10 bits per heavy atom. The van der Waals surface area contributed by atoms with Gasteiger partial charge in [0.25, 0.3) is 0 Å². The third-order valence-corrected chi connectivity index (χ3v) is 5.69. The molecule has 0 aliphatic carbocycles. The van der Waals surface area contributed by atoms with Crippen LogP contribution in [0.5, 0.6) is 0 Å². The van der Waals surface area contributed by atoms with Crippen molar-refractivity contribution in [1.82, 2.24) is 0 Å². The van der Waals surface area contributed by atoms with Crippen molar-refractivity contribution in [3.05, 3.63) is 64.6 Å². The summed E-state index contributed by atoms with van der Waals surface area (Å²) in [5.41, 5.74) is 1.67. The molecule has 2 rings (SSSR count). The van der Waals surface area contributed by atoms with Gasteiger partial charge in [-0.3, -0.25) is 4.57 Å². The summed E-state index contributed by atoms with van der Waals surface area (Å²) in [6.07, 6.45) is 0. The molecule has 0 amide bonds. The van der Waals surface area contributed by atoms with E-state index in [4.69, 9.17) is 9.05 Å². The van der Waals surface area contributed by atoms with Gasteiger partial charge in [0.15, 0.2) is 5.78 Å². The molecule has 21 heavy (non-hydrogen) atoms. The predicted molar refractivity (Wildman–Crippen MR) is 88.6 cm³/mol. The molecule has 0 saturated carbocycles. The van der Waals surface area contributed by atoms with Crippen LogP contribution in [0.25, 0.3) is 0 Å². The second kappa shape index (κ2) is 7.23. The molecule has 0 radical (unpaired) electrons. The van der Waals surface area contributed by atoms with E-state index in [2.05, 4.69) is 21.2 Å². The molecule has 2 aromatic carbocycles. The minimum atomic E-state index is -3.32. The lowest BCUT2D eigenvalue weighted by atomic mass is 10.2. The van der Waals surface area contributed by atoms with Crippen LogP contribution in [0.4, 0.5) is 5.69 Å². The molecule has 0 saturated heterocycles. The number of rotatable bonds is 6. The molecule has 1 N–H and O–H groups in total. The first-order chi connectivity index (χ1) is 10.1. The Morgan fingerprint density at radius 2 is 1.57 bits per heavy atom. The normalized spacial score (nSPS) is 12.9. The van der Waals surface area contributed by atoms with Crippen molar-refractivity contribution in [2.45, 2.75) is 5.78 Å². The van der Waals surface area contributed by atoms with Gasteiger partial charge in [-0.05, 0) is 29.8 Å². The van der Waals surface area contributed by atoms with Crippen molar-refractivity contribution < 1.29 is 13.6 Å². The van der Waals surface area contributed by atoms with E-state index in [0.29, 0.717) is 0 Å². The van der Waals surface area contributed by atoms with Gasteiger partial charge in [0.05, 0.1) is 0 Å². The summed E-state index contributed by atoms with van der Waals surface area (Å²) in [7, 11) is -0.537. The zero-order valence-corrected chi connectivity index (χ0v) is 14.3. The molecule has 0 spiro atoms. The lowest BCUT2D eigenvalue weighted by molar-refractivity contribution is 0.268. The summed E-state index contributed by atoms with van der Waals surface area (Å²) in [5.74, 6) is -0.581. The van der Waals surface area contributed by atoms with E-state index in [1.165, 1.54) is 14.2 Å². The van der Waals surface area contributed by atoms with Gasteiger partial charge in [-0.1, -0.05) is 46.3 Å². The maximum absolute atomic E-state index is 12.8. The van der Waals surface area contributed by atoms with E-state index >= 15 is 0 Å². The quantitative estimate of drug-likeness (QED) is 0.724. The molecule has 0 heterocycles. The van der Waals surface area contributed by atoms with Crippen LogP contribution in [-0.4, -0.2) is 14.2 Å². The number of halogens is 1. The number of benzene rings is 2. The largest absolute Gasteiger partial charge is 0.368 e. The zero-order chi connectivity index (χ0) is 15.3. The summed E-state index contributed by atoms with van der Waals surface area (Å²) in [5, 5.41) is 3.23. The third-order valence-electron chi connectivity index (χ3n) is 3.09. The fourth-order valence-corrected chi connectivity index (χ4v) is 3.65. The number of nitrogens with one attached hydrogen (secondary N) is 1. The SMILES string of the molecule is COP(=O)(OC)[C@@H](Nc1ccccc1)c1ccc(Br)cc1. The first-order valence-electron chi connectivity index (χ1n) is 6.37. The summed E-state index contributed by atoms with van der Waals surface area (Å²) in [4.78, 5) is 0. The van der Waals surface area contributed by atoms with Crippen LogP contribution in [0.1, 0.15) is 11.3 Å². The summed E-state index contributed by atoms with van der Waals surface area (Å²) in [6.45, 7) is 0. The fourth-order valence-electron chi connectivity index (χ4n) is 1.97. The molecule has 1 atom stereocenters. The molecule has 0 fully saturated rings. The van der Waals surface area contributed by atoms with Crippen molar-refractivity contribution in [3.8, 4) is 0 Å². The Labute approximate surface area is 133 Å². The molecule has 0 aliphatic rings. The summed E-state index contributed by atoms with van der Waals surface area (Å²) in [6, 6.07) is 17.1. The van der Waals surface area contributed by atoms with Crippen LogP contribution in [0.3, 0.4) is 0 Å². The summed E-state index contributed by atoms with van der Waals surface area (Å²) < 4.78 is 24.1. The Balaban J connectivity index is 2.39. The minimum absolute atomic E-state index is 0.581. The molecule has 0 bridgehead atoms. The van der Waals surface area contributed by atoms with Crippen LogP contribution in [0, 0.1) is 0 Å². The van der Waals surface area contributed by atoms with Gasteiger partial charge in [-0.2, -0.15) is 0 Å². The molecule has 0 aromatic heterocycles.